The van der Waals surface area contributed by atoms with Crippen LogP contribution in [0.15, 0.2) is 104 Å². The van der Waals surface area contributed by atoms with E-state index in [9.17, 15) is 76.9 Å². The van der Waals surface area contributed by atoms with Crippen LogP contribution in [0.1, 0.15) is 117 Å². The fraction of sp³-hybridized carbons (Fsp3) is 0.514. The molecule has 2 aromatic heterocycles. The van der Waals surface area contributed by atoms with Crippen molar-refractivity contribution >= 4 is 104 Å². The first-order valence-corrected chi connectivity index (χ1v) is 39.3. The Morgan fingerprint density at radius 3 is 1.33 bits per heavy atom. The molecule has 42 heteroatoms. The number of ketones is 1. The maximum atomic E-state index is 13.9. The second-order valence-electron chi connectivity index (χ2n) is 28.1. The number of allylic oxidation sites excluding steroid dienone is 1. The van der Waals surface area contributed by atoms with Crippen molar-refractivity contribution in [1.29, 1.82) is 0 Å². The van der Waals surface area contributed by atoms with Crippen molar-refractivity contribution in [2.24, 2.45) is 22.7 Å². The number of amides is 11. The number of aliphatic hydroxyl groups is 2. The quantitative estimate of drug-likeness (QED) is 0.0140. The summed E-state index contributed by atoms with van der Waals surface area (Å²) in [7, 11) is -10.2. The van der Waals surface area contributed by atoms with E-state index < -0.39 is 179 Å². The van der Waals surface area contributed by atoms with Crippen molar-refractivity contribution in [3.8, 4) is 0 Å². The molecule has 4 aromatic rings. The van der Waals surface area contributed by atoms with E-state index in [0.717, 1.165) is 37.5 Å². The summed E-state index contributed by atoms with van der Waals surface area (Å²) < 4.78 is 37.6. The second kappa shape index (κ2) is 45.0. The molecular formula is C72H104N16O24P2. The highest BCUT2D eigenvalue weighted by Crippen LogP contribution is 2.39. The summed E-state index contributed by atoms with van der Waals surface area (Å²) in [5.74, 6) is -9.93. The number of oxime groups is 1. The highest BCUT2D eigenvalue weighted by Gasteiger charge is 2.44. The van der Waals surface area contributed by atoms with Gasteiger partial charge < -0.3 is 107 Å². The summed E-state index contributed by atoms with van der Waals surface area (Å²) in [4.78, 5) is 216. The number of aromatic amines is 2. The topological polar surface area (TPSA) is 596 Å². The zero-order valence-corrected chi connectivity index (χ0v) is 66.3. The number of ether oxygens (including phenoxy) is 1. The number of imidazole rings is 2. The summed E-state index contributed by atoms with van der Waals surface area (Å²) in [5, 5.41) is 43.6. The van der Waals surface area contributed by atoms with Crippen LogP contribution in [-0.4, -0.2) is 254 Å². The molecule has 2 aliphatic rings. The number of rotatable bonds is 43. The van der Waals surface area contributed by atoms with Crippen molar-refractivity contribution < 1.29 is 115 Å². The lowest BCUT2D eigenvalue weighted by molar-refractivity contribution is -0.139. The Hall–Kier alpha value is -10.2. The molecule has 14 atom stereocenters. The molecule has 2 aromatic carbocycles. The lowest BCUT2D eigenvalue weighted by Gasteiger charge is -2.28. The summed E-state index contributed by atoms with van der Waals surface area (Å²) in [6, 6.07) is 4.96. The minimum Gasteiger partial charge on any atom is -0.394 e. The minimum absolute atomic E-state index is 0.0471. The number of nitrogens with two attached hydrogens (primary N) is 1. The van der Waals surface area contributed by atoms with Gasteiger partial charge in [-0.05, 0) is 74.1 Å². The van der Waals surface area contributed by atoms with Crippen LogP contribution in [0.3, 0.4) is 0 Å². The van der Waals surface area contributed by atoms with E-state index >= 15 is 0 Å². The Kier molecular flexibility index (Phi) is 37.2. The number of nitrogens with zero attached hydrogens (tertiary/aromatic N) is 5. The van der Waals surface area contributed by atoms with Gasteiger partial charge in [0.1, 0.15) is 66.5 Å². The van der Waals surface area contributed by atoms with Gasteiger partial charge in [0, 0.05) is 69.9 Å². The van der Waals surface area contributed by atoms with Crippen molar-refractivity contribution in [1.82, 2.24) is 72.3 Å². The van der Waals surface area contributed by atoms with Crippen molar-refractivity contribution in [3.05, 3.63) is 121 Å². The molecule has 0 aliphatic carbocycles. The van der Waals surface area contributed by atoms with Gasteiger partial charge in [-0.3, -0.25) is 66.6 Å². The fourth-order valence-corrected chi connectivity index (χ4v) is 13.3. The Balaban J connectivity index is 0.000000407. The van der Waals surface area contributed by atoms with Gasteiger partial charge in [0.25, 0.3) is 0 Å². The number of H-pyrrole nitrogens is 2. The molecule has 0 radical (unpaired) electrons. The first-order chi connectivity index (χ1) is 53.6. The molecule has 2 fully saturated rings. The molecule has 18 N–H and O–H groups in total. The number of carbonyl (C=O) groups is 12. The zero-order valence-electron chi connectivity index (χ0n) is 64.5. The van der Waals surface area contributed by atoms with Gasteiger partial charge in [0.2, 0.25) is 65.0 Å². The number of nitrogens with one attached hydrogen (secondary N) is 10. The molecule has 0 spiro atoms. The Morgan fingerprint density at radius 2 is 0.947 bits per heavy atom. The van der Waals surface area contributed by atoms with Gasteiger partial charge in [-0.2, -0.15) is 0 Å². The van der Waals surface area contributed by atoms with E-state index in [1.165, 1.54) is 54.9 Å². The van der Waals surface area contributed by atoms with E-state index in [-0.39, 0.29) is 69.4 Å². The molecule has 4 heterocycles. The normalized spacial score (nSPS) is 18.2. The van der Waals surface area contributed by atoms with E-state index in [0.29, 0.717) is 30.0 Å². The summed E-state index contributed by atoms with van der Waals surface area (Å²) in [6.07, 6.45) is 3.36. The molecule has 0 bridgehead atoms. The van der Waals surface area contributed by atoms with E-state index in [4.69, 9.17) is 34.9 Å². The smallest absolute Gasteiger partial charge is 0.394 e. The number of phosphoric acid groups is 2. The Morgan fingerprint density at radius 1 is 0.561 bits per heavy atom. The first kappa shape index (κ1) is 94.3. The van der Waals surface area contributed by atoms with Gasteiger partial charge in [-0.15, -0.1) is 0 Å². The minimum atomic E-state index is -5.11. The molecule has 626 valence electrons. The van der Waals surface area contributed by atoms with Crippen LogP contribution in [0, 0.1) is 11.8 Å². The van der Waals surface area contributed by atoms with Gasteiger partial charge in [0.15, 0.2) is 5.78 Å². The van der Waals surface area contributed by atoms with Crippen LogP contribution in [0.2, 0.25) is 0 Å². The SMILES string of the molecule is C=C(/C=N/OC1C[C@@H](C(=O)N[C@@H](CC(C)C)C(=O)N[C@@H](Cc2cnc[nH]2)C(=O)N[C@@H](CO)C(=O)N[C@H](C(N)=O)[C@@H](C)OP(=O)(O)O)N(C(C)=O)C1)c1ccccc1.C=C(CCOC1C[C@@H](C(=O)N[C@@H](CC(C)C)C(=O)N[C@@H](Cc2cnc[nH]2)C(=O)N[C@@H](CO)C(=O)N[C@H](C(C)=O)[C@@H](C)OP(=O)(O)O)N(C(C)=O)C1)c1ccccc1. The highest BCUT2D eigenvalue weighted by atomic mass is 31.2. The Labute approximate surface area is 657 Å². The molecule has 2 aliphatic heterocycles. The summed E-state index contributed by atoms with van der Waals surface area (Å²) in [5.41, 5.74) is 9.35. The van der Waals surface area contributed by atoms with Crippen LogP contribution >= 0.6 is 15.6 Å². The number of hydrogen-bond donors (Lipinski definition) is 17. The summed E-state index contributed by atoms with van der Waals surface area (Å²) in [6.45, 7) is 19.8. The van der Waals surface area contributed by atoms with Crippen LogP contribution in [0.5, 0.6) is 0 Å². The number of primary amides is 1. The number of benzene rings is 2. The monoisotopic (exact) mass is 1640 g/mol. The number of aromatic nitrogens is 4. The predicted molar refractivity (Wildman–Crippen MR) is 408 cm³/mol. The molecule has 0 saturated carbocycles. The van der Waals surface area contributed by atoms with Crippen molar-refractivity contribution in [2.75, 3.05) is 32.9 Å². The first-order valence-electron chi connectivity index (χ1n) is 36.3. The van der Waals surface area contributed by atoms with Crippen LogP contribution in [0.4, 0.5) is 0 Å². The molecule has 11 amide bonds. The van der Waals surface area contributed by atoms with E-state index in [1.54, 1.807) is 13.8 Å². The van der Waals surface area contributed by atoms with Crippen molar-refractivity contribution in [3.63, 3.8) is 0 Å². The fourth-order valence-electron chi connectivity index (χ4n) is 12.2. The van der Waals surface area contributed by atoms with Gasteiger partial charge >= 0.3 is 15.6 Å². The van der Waals surface area contributed by atoms with Gasteiger partial charge in [0.05, 0.1) is 63.5 Å². The molecule has 6 rings (SSSR count). The molecule has 2 unspecified atom stereocenters. The van der Waals surface area contributed by atoms with E-state index in [2.05, 4.69) is 89.8 Å². The van der Waals surface area contributed by atoms with Crippen LogP contribution < -0.4 is 48.3 Å². The number of aliphatic hydroxyl groups excluding tert-OH is 2. The van der Waals surface area contributed by atoms with Crippen LogP contribution in [0.25, 0.3) is 11.1 Å². The third kappa shape index (κ3) is 31.3. The number of carbonyl (C=O) groups excluding carboxylic acids is 12. The summed E-state index contributed by atoms with van der Waals surface area (Å²) >= 11 is 0. The third-order valence-corrected chi connectivity index (χ3v) is 19.1. The standard InChI is InChI=1S/C37H54N7O12P.C35H50N9O12P/c1-21(2)14-29(41-37(51)32-16-28(18-44(32)25(6)47)55-13-12-22(3)26-10-8-7-9-11-26)34(48)40-30(15-27-17-38-20-39-27)35(49)42-31(19-45)36(50)43-33(23(4)46)24(5)56-57(52,53)54;1-19(2)11-26(41-35(51)29-13-25(16-44(29)22(5)46)55-39-14-20(3)23-9-7-6-8-10-23)32(48)40-27(12-24-15-37-18-38-24)33(49)42-28(17-45)34(50)43-30(31(36)47)21(4)56-57(52,53)54/h7-11,17,20-21,24,28-33,45H,3,12-16,18-19H2,1-2,4-6H3,(H,38,39)(H,40,48)(H,41,51)(H,42,49)(H,43,50)(H2,52,53,54);6-10,14-15,18-19,21,25-30,45H,3,11-13,16-17H2,1-2,4-5H3,(H2,36,47)(H,37,38)(H,40,48)(H,41,51)(H,42,49)(H,43,50)(H2,52,53,54)/b;39-14+/t24-,28?,29+,30+,31+,32+,33-;21-,25?,26+,27+,28+,29+,30+/m11/s1. The average molecular weight is 1640 g/mol. The molecular weight excluding hydrogens is 1530 g/mol. The lowest BCUT2D eigenvalue weighted by atomic mass is 10.0. The second-order valence-corrected chi connectivity index (χ2v) is 30.4. The maximum absolute atomic E-state index is 13.9. The zero-order chi connectivity index (χ0) is 84.9. The molecule has 40 nitrogen and oxygen atoms in total. The molecule has 114 heavy (non-hydrogen) atoms. The number of likely N-dealkylation sites (tertiary alicyclic amines) is 2. The van der Waals surface area contributed by atoms with Gasteiger partial charge in [-0.25, -0.2) is 19.1 Å². The van der Waals surface area contributed by atoms with Gasteiger partial charge in [-0.1, -0.05) is 107 Å². The highest BCUT2D eigenvalue weighted by molar-refractivity contribution is 7.46. The lowest BCUT2D eigenvalue weighted by Crippen LogP contribution is -2.61. The molecule has 2 saturated heterocycles. The number of hydrogen-bond acceptors (Lipinski definition) is 23. The number of Topliss-reactive ketones (excluding diaryl/α,β-unsaturated/α-hetero) is 1. The Bertz CT molecular complexity index is 4070. The average Bonchev–Trinajstić information content (AvgIpc) is 1.67. The van der Waals surface area contributed by atoms with Crippen molar-refractivity contribution in [2.45, 2.75) is 192 Å². The maximum Gasteiger partial charge on any atom is 0.469 e. The predicted octanol–water partition coefficient (Wildman–Crippen LogP) is -1.26. The van der Waals surface area contributed by atoms with Crippen LogP contribution in [-0.2, 0) is 98.1 Å². The number of phosphoric ester groups is 2. The third-order valence-electron chi connectivity index (χ3n) is 17.9. The van der Waals surface area contributed by atoms with E-state index in [1.807, 2.05) is 74.5 Å². The largest absolute Gasteiger partial charge is 0.469 e.